The van der Waals surface area contributed by atoms with Crippen LogP contribution in [0.5, 0.6) is 0 Å². The van der Waals surface area contributed by atoms with Gasteiger partial charge in [0.25, 0.3) is 17.7 Å². The predicted octanol–water partition coefficient (Wildman–Crippen LogP) is -4.85. The van der Waals surface area contributed by atoms with Crippen LogP contribution < -0.4 is 54.8 Å². The van der Waals surface area contributed by atoms with Crippen molar-refractivity contribution in [1.29, 1.82) is 0 Å². The average molecular weight is 856 g/mol. The van der Waals surface area contributed by atoms with Gasteiger partial charge in [0.2, 0.25) is 29.5 Å². The highest BCUT2D eigenvalue weighted by atomic mass is 16.4. The van der Waals surface area contributed by atoms with E-state index in [1.165, 1.54) is 12.6 Å². The standard InChI is InChI=1S/C38H58BN11O11/c1-3-4-7-22-9-11-23(12-10-22)24-13-15-25(16-14-24)33(54)47-27(20-51)35(56)48-31(42)37(58)44-19-30(53)50(2)28(8-5-6-17-40)36(57)49-32(43)38(59)46-26(18-29(41)52)34(55)45-21-39(60)61/h9-16,26-28,31-32,51,60-61H,3-8,17-21,40,42-43H2,1-2H3,(H2,41,52)(H,44,58)(H,45,55)(H,46,59)(H,47,54)(H,48,56)(H,49,57)/t26-,27+,28-,31-,32+/m0/s1. The Morgan fingerprint density at radius 1 is 0.721 bits per heavy atom. The molecule has 334 valence electrons. The lowest BCUT2D eigenvalue weighted by molar-refractivity contribution is -0.141. The van der Waals surface area contributed by atoms with E-state index in [1.807, 2.05) is 12.1 Å². The van der Waals surface area contributed by atoms with Crippen molar-refractivity contribution in [3.8, 4) is 11.1 Å². The smallest absolute Gasteiger partial charge is 0.426 e. The summed E-state index contributed by atoms with van der Waals surface area (Å²) < 4.78 is 0. The summed E-state index contributed by atoms with van der Waals surface area (Å²) in [7, 11) is -0.687. The number of hydrogen-bond donors (Lipinski definition) is 13. The molecule has 2 aromatic carbocycles. The summed E-state index contributed by atoms with van der Waals surface area (Å²) in [4.78, 5) is 103. The molecule has 61 heavy (non-hydrogen) atoms. The highest BCUT2D eigenvalue weighted by molar-refractivity contribution is 6.41. The molecular formula is C38H58BN11O11. The van der Waals surface area contributed by atoms with Crippen LogP contribution in [-0.4, -0.2) is 138 Å². The minimum Gasteiger partial charge on any atom is -0.426 e. The summed E-state index contributed by atoms with van der Waals surface area (Å²) >= 11 is 0. The van der Waals surface area contributed by atoms with Gasteiger partial charge >= 0.3 is 7.12 Å². The maximum Gasteiger partial charge on any atom is 0.472 e. The van der Waals surface area contributed by atoms with Crippen LogP contribution >= 0.6 is 0 Å². The maximum atomic E-state index is 13.3. The molecule has 8 amide bonds. The largest absolute Gasteiger partial charge is 0.472 e. The van der Waals surface area contributed by atoms with Crippen LogP contribution in [0.4, 0.5) is 0 Å². The minimum absolute atomic E-state index is 0.0325. The van der Waals surface area contributed by atoms with Crippen LogP contribution in [-0.2, 0) is 40.0 Å². The van der Waals surface area contributed by atoms with E-state index in [1.54, 1.807) is 24.3 Å². The van der Waals surface area contributed by atoms with Gasteiger partial charge < -0.3 is 74.9 Å². The van der Waals surface area contributed by atoms with Crippen molar-refractivity contribution in [2.75, 3.05) is 33.2 Å². The molecule has 0 aliphatic rings. The topological polar surface area (TPSA) is 377 Å². The van der Waals surface area contributed by atoms with E-state index >= 15 is 0 Å². The maximum absolute atomic E-state index is 13.3. The van der Waals surface area contributed by atoms with E-state index in [2.05, 4.69) is 51.0 Å². The van der Waals surface area contributed by atoms with Gasteiger partial charge in [-0.15, -0.1) is 0 Å². The van der Waals surface area contributed by atoms with E-state index in [9.17, 15) is 43.5 Å². The molecule has 0 aromatic heterocycles. The SMILES string of the molecule is CCCCc1ccc(-c2ccc(C(=O)N[C@H](CO)C(=O)N[C@H](N)C(=O)NCC(=O)N(C)[C@@H](CCCCN)C(=O)N[C@@H](N)C(=O)N[C@@H](CC(N)=O)C(=O)NCB(O)O)cc2)cc1. The highest BCUT2D eigenvalue weighted by Crippen LogP contribution is 2.21. The number of carbonyl (C=O) groups is 8. The molecule has 0 saturated carbocycles. The van der Waals surface area contributed by atoms with Crippen molar-refractivity contribution in [3.05, 3.63) is 59.7 Å². The van der Waals surface area contributed by atoms with Gasteiger partial charge in [0, 0.05) is 12.6 Å². The second kappa shape index (κ2) is 26.3. The Morgan fingerprint density at radius 3 is 1.87 bits per heavy atom. The first-order chi connectivity index (χ1) is 28.9. The highest BCUT2D eigenvalue weighted by Gasteiger charge is 2.32. The number of primary amides is 1. The molecule has 0 spiro atoms. The lowest BCUT2D eigenvalue weighted by Gasteiger charge is -2.29. The van der Waals surface area contributed by atoms with E-state index in [-0.39, 0.29) is 18.5 Å². The number of benzene rings is 2. The fourth-order valence-corrected chi connectivity index (χ4v) is 5.67. The van der Waals surface area contributed by atoms with E-state index in [0.29, 0.717) is 12.8 Å². The summed E-state index contributed by atoms with van der Waals surface area (Å²) in [5.41, 5.74) is 25.7. The zero-order valence-electron chi connectivity index (χ0n) is 34.2. The molecule has 0 heterocycles. The van der Waals surface area contributed by atoms with Gasteiger partial charge in [-0.25, -0.2) is 0 Å². The predicted molar refractivity (Wildman–Crippen MR) is 222 cm³/mol. The number of aliphatic hydroxyl groups excluding tert-OH is 1. The molecule has 17 N–H and O–H groups in total. The third-order valence-corrected chi connectivity index (χ3v) is 9.22. The Labute approximate surface area is 353 Å². The van der Waals surface area contributed by atoms with Crippen molar-refractivity contribution < 1.29 is 53.5 Å². The lowest BCUT2D eigenvalue weighted by atomic mass is 9.92. The van der Waals surface area contributed by atoms with E-state index in [0.717, 1.165) is 35.3 Å². The number of aliphatic hydroxyl groups is 1. The van der Waals surface area contributed by atoms with E-state index in [4.69, 9.17) is 33.0 Å². The van der Waals surface area contributed by atoms with Crippen molar-refractivity contribution in [1.82, 2.24) is 36.8 Å². The zero-order chi connectivity index (χ0) is 45.6. The molecule has 2 aromatic rings. The summed E-state index contributed by atoms with van der Waals surface area (Å²) in [5, 5.41) is 41.1. The molecule has 0 aliphatic heterocycles. The Balaban J connectivity index is 1.98. The molecule has 0 radical (unpaired) electrons. The summed E-state index contributed by atoms with van der Waals surface area (Å²) in [6, 6.07) is 10.4. The minimum atomic E-state index is -1.93. The number of aryl methyl sites for hydroxylation is 1. The molecule has 0 unspecified atom stereocenters. The van der Waals surface area contributed by atoms with Crippen molar-refractivity contribution >= 4 is 54.4 Å². The number of unbranched alkanes of at least 4 members (excludes halogenated alkanes) is 2. The van der Waals surface area contributed by atoms with Crippen LogP contribution in [0.2, 0.25) is 0 Å². The van der Waals surface area contributed by atoms with Crippen molar-refractivity contribution in [3.63, 3.8) is 0 Å². The van der Waals surface area contributed by atoms with E-state index < -0.39 is 111 Å². The molecule has 0 saturated heterocycles. The molecular weight excluding hydrogens is 797 g/mol. The quantitative estimate of drug-likeness (QED) is 0.0240. The van der Waals surface area contributed by atoms with Gasteiger partial charge in [0.1, 0.15) is 18.1 Å². The fourth-order valence-electron chi connectivity index (χ4n) is 5.67. The number of rotatable bonds is 26. The third kappa shape index (κ3) is 17.6. The first-order valence-electron chi connectivity index (χ1n) is 19.6. The van der Waals surface area contributed by atoms with Crippen molar-refractivity contribution in [2.24, 2.45) is 22.9 Å². The molecule has 0 bridgehead atoms. The average Bonchev–Trinajstić information content (AvgIpc) is 3.23. The van der Waals surface area contributed by atoms with Gasteiger partial charge in [-0.1, -0.05) is 49.7 Å². The number of nitrogens with zero attached hydrogens (tertiary/aromatic N) is 1. The van der Waals surface area contributed by atoms with Crippen LogP contribution in [0.15, 0.2) is 48.5 Å². The number of likely N-dealkylation sites (N-methyl/N-ethyl adjacent to an activating group) is 1. The molecule has 5 atom stereocenters. The number of hydrogen-bond acceptors (Lipinski definition) is 14. The Morgan fingerprint density at radius 2 is 1.31 bits per heavy atom. The number of carbonyl (C=O) groups excluding carboxylic acids is 8. The molecule has 22 nitrogen and oxygen atoms in total. The van der Waals surface area contributed by atoms with Gasteiger partial charge in [-0.3, -0.25) is 38.4 Å². The Hall–Kier alpha value is -5.98. The lowest BCUT2D eigenvalue weighted by Crippen LogP contribution is -2.61. The number of nitrogens with one attached hydrogen (secondary N) is 6. The first kappa shape index (κ1) is 51.2. The summed E-state index contributed by atoms with van der Waals surface area (Å²) in [5.74, 6) is -7.54. The van der Waals surface area contributed by atoms with Gasteiger partial charge in [-0.05, 0) is 67.5 Å². The van der Waals surface area contributed by atoms with Crippen LogP contribution in [0, 0.1) is 0 Å². The Kier molecular flexibility index (Phi) is 22.0. The molecule has 2 rings (SSSR count). The third-order valence-electron chi connectivity index (χ3n) is 9.22. The van der Waals surface area contributed by atoms with Crippen molar-refractivity contribution in [2.45, 2.75) is 82.3 Å². The fraction of sp³-hybridized carbons (Fsp3) is 0.474. The Bertz CT molecular complexity index is 1800. The second-order valence-electron chi connectivity index (χ2n) is 14.0. The first-order valence-corrected chi connectivity index (χ1v) is 19.6. The number of nitrogens with two attached hydrogens (primary N) is 4. The van der Waals surface area contributed by atoms with Crippen LogP contribution in [0.3, 0.4) is 0 Å². The molecule has 23 heteroatoms. The van der Waals surface area contributed by atoms with Crippen LogP contribution in [0.1, 0.15) is 61.4 Å². The van der Waals surface area contributed by atoms with Crippen LogP contribution in [0.25, 0.3) is 11.1 Å². The molecule has 0 fully saturated rings. The summed E-state index contributed by atoms with van der Waals surface area (Å²) in [6.45, 7) is 0.839. The van der Waals surface area contributed by atoms with Gasteiger partial charge in [0.05, 0.1) is 26.0 Å². The normalized spacial score (nSPS) is 13.2. The number of amides is 8. The van der Waals surface area contributed by atoms with Gasteiger partial charge in [0.15, 0.2) is 12.3 Å². The monoisotopic (exact) mass is 855 g/mol. The second-order valence-corrected chi connectivity index (χ2v) is 14.0. The summed E-state index contributed by atoms with van der Waals surface area (Å²) in [6.07, 6.45) is -0.861. The molecule has 0 aliphatic carbocycles. The zero-order valence-corrected chi connectivity index (χ0v) is 34.2. The van der Waals surface area contributed by atoms with Gasteiger partial charge in [-0.2, -0.15) is 0 Å².